The van der Waals surface area contributed by atoms with E-state index in [1.807, 2.05) is 18.2 Å². The Morgan fingerprint density at radius 1 is 0.900 bits per heavy atom. The molecule has 20 heavy (non-hydrogen) atoms. The smallest absolute Gasteiger partial charge is 0.123 e. The second-order valence-electron chi connectivity index (χ2n) is 5.33. The molecule has 0 saturated carbocycles. The minimum Gasteiger partial charge on any atom is -0.310 e. The van der Waals surface area contributed by atoms with Gasteiger partial charge in [0.2, 0.25) is 0 Å². The van der Waals surface area contributed by atoms with Gasteiger partial charge in [0.15, 0.2) is 0 Å². The van der Waals surface area contributed by atoms with Gasteiger partial charge in [0.1, 0.15) is 5.82 Å². The maximum absolute atomic E-state index is 12.9. The van der Waals surface area contributed by atoms with Gasteiger partial charge in [-0.05, 0) is 49.1 Å². The Morgan fingerprint density at radius 3 is 2.20 bits per heavy atom. The van der Waals surface area contributed by atoms with Gasteiger partial charge in [0, 0.05) is 6.04 Å². The molecular weight excluding hydrogens is 249 g/mol. The Morgan fingerprint density at radius 2 is 1.55 bits per heavy atom. The molecule has 2 aromatic rings. The molecule has 2 atom stereocenters. The highest BCUT2D eigenvalue weighted by Crippen LogP contribution is 2.19. The molecule has 1 N–H and O–H groups in total. The van der Waals surface area contributed by atoms with Crippen molar-refractivity contribution in [1.82, 2.24) is 5.32 Å². The third kappa shape index (κ3) is 4.17. The minimum absolute atomic E-state index is 0.182. The molecule has 2 aromatic carbocycles. The van der Waals surface area contributed by atoms with Crippen molar-refractivity contribution in [2.45, 2.75) is 32.2 Å². The summed E-state index contributed by atoms with van der Waals surface area (Å²) in [6.07, 6.45) is 1.09. The maximum atomic E-state index is 12.9. The molecule has 106 valence electrons. The van der Waals surface area contributed by atoms with Gasteiger partial charge in [-0.15, -0.1) is 0 Å². The molecule has 2 rings (SSSR count). The summed E-state index contributed by atoms with van der Waals surface area (Å²) in [6, 6.07) is 17.5. The molecule has 0 heterocycles. The van der Waals surface area contributed by atoms with Crippen LogP contribution >= 0.6 is 0 Å². The zero-order valence-electron chi connectivity index (χ0n) is 12.1. The highest BCUT2D eigenvalue weighted by atomic mass is 19.1. The van der Waals surface area contributed by atoms with E-state index in [1.165, 1.54) is 17.7 Å². The van der Waals surface area contributed by atoms with Gasteiger partial charge in [-0.1, -0.05) is 49.4 Å². The maximum Gasteiger partial charge on any atom is 0.123 e. The van der Waals surface area contributed by atoms with Crippen LogP contribution < -0.4 is 5.32 Å². The lowest BCUT2D eigenvalue weighted by Crippen LogP contribution is -2.21. The van der Waals surface area contributed by atoms with E-state index in [0.29, 0.717) is 5.92 Å². The Kier molecular flexibility index (Phi) is 5.31. The summed E-state index contributed by atoms with van der Waals surface area (Å²) in [5, 5.41) is 3.50. The van der Waals surface area contributed by atoms with E-state index in [0.717, 1.165) is 18.5 Å². The normalized spacial score (nSPS) is 13.9. The molecule has 0 radical (unpaired) electrons. The number of hydrogen-bond acceptors (Lipinski definition) is 1. The summed E-state index contributed by atoms with van der Waals surface area (Å²) in [6.45, 7) is 5.31. The first-order chi connectivity index (χ1) is 9.66. The van der Waals surface area contributed by atoms with Crippen LogP contribution in [-0.4, -0.2) is 6.54 Å². The Balaban J connectivity index is 1.79. The molecule has 0 fully saturated rings. The van der Waals surface area contributed by atoms with Crippen LogP contribution in [0.4, 0.5) is 4.39 Å². The predicted molar refractivity (Wildman–Crippen MR) is 82.3 cm³/mol. The van der Waals surface area contributed by atoms with Crippen LogP contribution in [0.2, 0.25) is 0 Å². The summed E-state index contributed by atoms with van der Waals surface area (Å²) < 4.78 is 12.9. The van der Waals surface area contributed by atoms with Gasteiger partial charge in [0.05, 0.1) is 0 Å². The first-order valence-electron chi connectivity index (χ1n) is 7.20. The summed E-state index contributed by atoms with van der Waals surface area (Å²) in [7, 11) is 0. The van der Waals surface area contributed by atoms with Gasteiger partial charge in [0.25, 0.3) is 0 Å². The summed E-state index contributed by atoms with van der Waals surface area (Å²) in [5.41, 5.74) is 2.50. The van der Waals surface area contributed by atoms with Gasteiger partial charge < -0.3 is 5.32 Å². The summed E-state index contributed by atoms with van der Waals surface area (Å²) in [4.78, 5) is 0. The average Bonchev–Trinajstić information content (AvgIpc) is 2.48. The lowest BCUT2D eigenvalue weighted by atomic mass is 9.98. The average molecular weight is 271 g/mol. The molecule has 0 spiro atoms. The standard InChI is InChI=1S/C18H22FN/c1-14(16-6-4-3-5-7-16)12-13-20-15(2)17-8-10-18(19)11-9-17/h3-11,14-15,20H,12-13H2,1-2H3/t14?,15-/m0/s1. The highest BCUT2D eigenvalue weighted by Gasteiger charge is 2.07. The van der Waals surface area contributed by atoms with E-state index >= 15 is 0 Å². The largest absolute Gasteiger partial charge is 0.310 e. The van der Waals surface area contributed by atoms with Crippen molar-refractivity contribution < 1.29 is 4.39 Å². The second kappa shape index (κ2) is 7.20. The Labute approximate surface area is 120 Å². The Hall–Kier alpha value is -1.67. The zero-order valence-corrected chi connectivity index (χ0v) is 12.1. The lowest BCUT2D eigenvalue weighted by molar-refractivity contribution is 0.530. The highest BCUT2D eigenvalue weighted by molar-refractivity contribution is 5.20. The molecule has 0 saturated heterocycles. The molecule has 0 aromatic heterocycles. The van der Waals surface area contributed by atoms with Gasteiger partial charge in [-0.25, -0.2) is 4.39 Å². The second-order valence-corrected chi connectivity index (χ2v) is 5.33. The lowest BCUT2D eigenvalue weighted by Gasteiger charge is -2.17. The van der Waals surface area contributed by atoms with Crippen LogP contribution in [0.25, 0.3) is 0 Å². The van der Waals surface area contributed by atoms with Crippen molar-refractivity contribution >= 4 is 0 Å². The molecule has 0 amide bonds. The van der Waals surface area contributed by atoms with Crippen molar-refractivity contribution in [2.24, 2.45) is 0 Å². The molecule has 0 aliphatic rings. The molecule has 0 aliphatic carbocycles. The van der Waals surface area contributed by atoms with Crippen molar-refractivity contribution in [2.75, 3.05) is 6.54 Å². The fourth-order valence-electron chi connectivity index (χ4n) is 2.33. The first-order valence-corrected chi connectivity index (χ1v) is 7.20. The molecular formula is C18H22FN. The van der Waals surface area contributed by atoms with Gasteiger partial charge >= 0.3 is 0 Å². The SMILES string of the molecule is CC(CCN[C@@H](C)c1ccc(F)cc1)c1ccccc1. The van der Waals surface area contributed by atoms with Gasteiger partial charge in [-0.2, -0.15) is 0 Å². The molecule has 1 unspecified atom stereocenters. The third-order valence-electron chi connectivity index (χ3n) is 3.77. The number of benzene rings is 2. The topological polar surface area (TPSA) is 12.0 Å². The van der Waals surface area contributed by atoms with E-state index in [-0.39, 0.29) is 11.9 Å². The fraction of sp³-hybridized carbons (Fsp3) is 0.333. The molecule has 1 nitrogen and oxygen atoms in total. The summed E-state index contributed by atoms with van der Waals surface area (Å²) in [5.74, 6) is 0.364. The predicted octanol–water partition coefficient (Wildman–Crippen LogP) is 4.67. The quantitative estimate of drug-likeness (QED) is 0.805. The minimum atomic E-state index is -0.182. The molecule has 0 bridgehead atoms. The zero-order chi connectivity index (χ0) is 14.4. The van der Waals surface area contributed by atoms with E-state index in [9.17, 15) is 4.39 Å². The van der Waals surface area contributed by atoms with Crippen LogP contribution in [0.3, 0.4) is 0 Å². The third-order valence-corrected chi connectivity index (χ3v) is 3.77. The van der Waals surface area contributed by atoms with Crippen LogP contribution in [0.15, 0.2) is 54.6 Å². The van der Waals surface area contributed by atoms with Crippen molar-refractivity contribution in [1.29, 1.82) is 0 Å². The van der Waals surface area contributed by atoms with Crippen molar-refractivity contribution in [3.8, 4) is 0 Å². The van der Waals surface area contributed by atoms with Crippen LogP contribution in [0.5, 0.6) is 0 Å². The monoisotopic (exact) mass is 271 g/mol. The van der Waals surface area contributed by atoms with E-state index in [4.69, 9.17) is 0 Å². The van der Waals surface area contributed by atoms with Crippen LogP contribution in [0, 0.1) is 5.82 Å². The number of halogens is 1. The Bertz CT molecular complexity index is 507. The fourth-order valence-corrected chi connectivity index (χ4v) is 2.33. The van der Waals surface area contributed by atoms with Gasteiger partial charge in [-0.3, -0.25) is 0 Å². The molecule has 2 heteroatoms. The van der Waals surface area contributed by atoms with Crippen molar-refractivity contribution in [3.63, 3.8) is 0 Å². The van der Waals surface area contributed by atoms with E-state index in [1.54, 1.807) is 0 Å². The number of nitrogens with one attached hydrogen (secondary N) is 1. The molecule has 0 aliphatic heterocycles. The van der Waals surface area contributed by atoms with Crippen LogP contribution in [0.1, 0.15) is 43.4 Å². The first kappa shape index (κ1) is 14.7. The van der Waals surface area contributed by atoms with E-state index < -0.39 is 0 Å². The van der Waals surface area contributed by atoms with Crippen LogP contribution in [-0.2, 0) is 0 Å². The summed E-state index contributed by atoms with van der Waals surface area (Å²) >= 11 is 0. The number of rotatable bonds is 6. The van der Waals surface area contributed by atoms with Crippen molar-refractivity contribution in [3.05, 3.63) is 71.5 Å². The number of hydrogen-bond donors (Lipinski definition) is 1. The van der Waals surface area contributed by atoms with E-state index in [2.05, 4.69) is 43.4 Å².